The summed E-state index contributed by atoms with van der Waals surface area (Å²) in [6, 6.07) is 0.115. The van der Waals surface area contributed by atoms with Crippen molar-refractivity contribution in [3.8, 4) is 0 Å². The van der Waals surface area contributed by atoms with Crippen LogP contribution in [0.1, 0.15) is 53.9 Å². The van der Waals surface area contributed by atoms with Gasteiger partial charge in [0.1, 0.15) is 0 Å². The first-order valence-corrected chi connectivity index (χ1v) is 7.29. The number of fused-ring (bicyclic) bond motifs is 2. The van der Waals surface area contributed by atoms with Crippen molar-refractivity contribution in [2.75, 3.05) is 6.54 Å². The van der Waals surface area contributed by atoms with E-state index in [-0.39, 0.29) is 23.0 Å². The van der Waals surface area contributed by atoms with Gasteiger partial charge in [-0.15, -0.1) is 0 Å². The molecule has 18 heavy (non-hydrogen) atoms. The van der Waals surface area contributed by atoms with Crippen molar-refractivity contribution in [2.45, 2.75) is 71.6 Å². The fourth-order valence-electron chi connectivity index (χ4n) is 4.13. The topological polar surface area (TPSA) is 52.5 Å². The van der Waals surface area contributed by atoms with Crippen LogP contribution in [0.25, 0.3) is 0 Å². The molecule has 2 aliphatic carbocycles. The first kappa shape index (κ1) is 14.3. The highest BCUT2D eigenvalue weighted by atomic mass is 16.3. The maximum Gasteiger partial charge on any atom is 0.0741 e. The Kier molecular flexibility index (Phi) is 3.33. The summed E-state index contributed by atoms with van der Waals surface area (Å²) >= 11 is 0. The molecular formula is C15H29NO2. The highest BCUT2D eigenvalue weighted by Crippen LogP contribution is 2.65. The van der Waals surface area contributed by atoms with Crippen molar-refractivity contribution in [1.82, 2.24) is 5.32 Å². The van der Waals surface area contributed by atoms with E-state index in [0.717, 1.165) is 12.8 Å². The largest absolute Gasteiger partial charge is 0.391 e. The standard InChI is InChI=1S/C15H29NO2/c1-6-14(4,18)9-16-12-11(17)10-7-8-15(12,5)13(10,2)3/h10-12,16-18H,6-9H2,1-5H3/t10-,11+,12+,14+,15-/m1/s1. The summed E-state index contributed by atoms with van der Waals surface area (Å²) in [5, 5.41) is 24.1. The smallest absolute Gasteiger partial charge is 0.0741 e. The molecule has 3 nitrogen and oxygen atoms in total. The zero-order valence-electron chi connectivity index (χ0n) is 12.5. The molecule has 0 spiro atoms. The number of aliphatic hydroxyl groups is 2. The highest BCUT2D eigenvalue weighted by molar-refractivity contribution is 5.17. The van der Waals surface area contributed by atoms with Crippen molar-refractivity contribution >= 4 is 0 Å². The van der Waals surface area contributed by atoms with E-state index in [2.05, 4.69) is 26.1 Å². The van der Waals surface area contributed by atoms with Crippen molar-refractivity contribution < 1.29 is 10.2 Å². The molecule has 106 valence electrons. The zero-order valence-corrected chi connectivity index (χ0v) is 12.5. The Balaban J connectivity index is 2.11. The number of hydrogen-bond donors (Lipinski definition) is 3. The van der Waals surface area contributed by atoms with E-state index in [4.69, 9.17) is 0 Å². The van der Waals surface area contributed by atoms with Gasteiger partial charge in [0.25, 0.3) is 0 Å². The van der Waals surface area contributed by atoms with Crippen LogP contribution in [0.4, 0.5) is 0 Å². The first-order chi connectivity index (χ1) is 8.16. The Bertz CT molecular complexity index is 326. The fourth-order valence-corrected chi connectivity index (χ4v) is 4.13. The molecule has 0 heterocycles. The van der Waals surface area contributed by atoms with E-state index in [1.54, 1.807) is 0 Å². The molecule has 2 rings (SSSR count). The lowest BCUT2D eigenvalue weighted by atomic mass is 9.69. The molecule has 0 amide bonds. The molecule has 0 unspecified atom stereocenters. The summed E-state index contributed by atoms with van der Waals surface area (Å²) in [7, 11) is 0. The molecule has 0 saturated heterocycles. The van der Waals surface area contributed by atoms with E-state index in [0.29, 0.717) is 12.5 Å². The van der Waals surface area contributed by atoms with Gasteiger partial charge in [0.05, 0.1) is 11.7 Å². The second-order valence-electron chi connectivity index (χ2n) is 7.48. The maximum absolute atomic E-state index is 10.5. The van der Waals surface area contributed by atoms with Gasteiger partial charge in [-0.25, -0.2) is 0 Å². The molecule has 2 fully saturated rings. The van der Waals surface area contributed by atoms with Gasteiger partial charge in [-0.3, -0.25) is 0 Å². The van der Waals surface area contributed by atoms with Crippen molar-refractivity contribution in [1.29, 1.82) is 0 Å². The van der Waals surface area contributed by atoms with Gasteiger partial charge in [0, 0.05) is 12.6 Å². The summed E-state index contributed by atoms with van der Waals surface area (Å²) in [6.07, 6.45) is 2.76. The number of rotatable bonds is 4. The van der Waals surface area contributed by atoms with Crippen LogP contribution in [0, 0.1) is 16.7 Å². The van der Waals surface area contributed by atoms with Crippen molar-refractivity contribution in [2.24, 2.45) is 16.7 Å². The quantitative estimate of drug-likeness (QED) is 0.719. The molecular weight excluding hydrogens is 226 g/mol. The molecule has 0 aromatic heterocycles. The molecule has 5 atom stereocenters. The fraction of sp³-hybridized carbons (Fsp3) is 1.00. The summed E-state index contributed by atoms with van der Waals surface area (Å²) in [4.78, 5) is 0. The Morgan fingerprint density at radius 2 is 1.94 bits per heavy atom. The zero-order chi connectivity index (χ0) is 13.8. The monoisotopic (exact) mass is 255 g/mol. The molecule has 3 heteroatoms. The molecule has 0 aliphatic heterocycles. The van der Waals surface area contributed by atoms with Gasteiger partial charge < -0.3 is 15.5 Å². The van der Waals surface area contributed by atoms with Gasteiger partial charge in [0.2, 0.25) is 0 Å². The van der Waals surface area contributed by atoms with E-state index < -0.39 is 5.60 Å². The summed E-state index contributed by atoms with van der Waals surface area (Å²) in [5.74, 6) is 0.395. The molecule has 0 aromatic carbocycles. The van der Waals surface area contributed by atoms with Crippen molar-refractivity contribution in [3.05, 3.63) is 0 Å². The lowest BCUT2D eigenvalue weighted by Crippen LogP contribution is -2.53. The summed E-state index contributed by atoms with van der Waals surface area (Å²) in [5.41, 5.74) is -0.356. The van der Waals surface area contributed by atoms with E-state index in [1.807, 2.05) is 13.8 Å². The normalized spacial score (nSPS) is 45.2. The predicted octanol–water partition coefficient (Wildman–Crippen LogP) is 1.92. The third-order valence-corrected chi connectivity index (χ3v) is 6.28. The Morgan fingerprint density at radius 3 is 2.39 bits per heavy atom. The van der Waals surface area contributed by atoms with Crippen LogP contribution in [-0.2, 0) is 0 Å². The lowest BCUT2D eigenvalue weighted by Gasteiger charge is -2.41. The third-order valence-electron chi connectivity index (χ3n) is 6.28. The van der Waals surface area contributed by atoms with Gasteiger partial charge in [-0.2, -0.15) is 0 Å². The van der Waals surface area contributed by atoms with Gasteiger partial charge in [-0.1, -0.05) is 27.7 Å². The molecule has 3 N–H and O–H groups in total. The van der Waals surface area contributed by atoms with Crippen LogP contribution < -0.4 is 5.32 Å². The summed E-state index contributed by atoms with van der Waals surface area (Å²) < 4.78 is 0. The maximum atomic E-state index is 10.5. The average Bonchev–Trinajstić information content (AvgIpc) is 2.57. The number of hydrogen-bond acceptors (Lipinski definition) is 3. The van der Waals surface area contributed by atoms with E-state index >= 15 is 0 Å². The van der Waals surface area contributed by atoms with Crippen molar-refractivity contribution in [3.63, 3.8) is 0 Å². The van der Waals surface area contributed by atoms with Gasteiger partial charge >= 0.3 is 0 Å². The highest BCUT2D eigenvalue weighted by Gasteiger charge is 2.65. The van der Waals surface area contributed by atoms with Crippen LogP contribution in [0.3, 0.4) is 0 Å². The third kappa shape index (κ3) is 1.83. The van der Waals surface area contributed by atoms with Crippen LogP contribution >= 0.6 is 0 Å². The summed E-state index contributed by atoms with van der Waals surface area (Å²) in [6.45, 7) is 11.3. The molecule has 2 bridgehead atoms. The van der Waals surface area contributed by atoms with E-state index in [1.165, 1.54) is 6.42 Å². The Morgan fingerprint density at radius 1 is 1.33 bits per heavy atom. The Labute approximate surface area is 111 Å². The SMILES string of the molecule is CC[C@](C)(O)CN[C@H]1[C@@H](O)[C@H]2CC[C@@]1(C)C2(C)C. The minimum atomic E-state index is -0.679. The van der Waals surface area contributed by atoms with Gasteiger partial charge in [0.15, 0.2) is 0 Å². The molecule has 2 saturated carbocycles. The lowest BCUT2D eigenvalue weighted by molar-refractivity contribution is 0.0191. The molecule has 0 aromatic rings. The first-order valence-electron chi connectivity index (χ1n) is 7.29. The molecule has 0 radical (unpaired) electrons. The minimum absolute atomic E-state index is 0.115. The van der Waals surface area contributed by atoms with E-state index in [9.17, 15) is 10.2 Å². The second-order valence-corrected chi connectivity index (χ2v) is 7.48. The minimum Gasteiger partial charge on any atom is -0.391 e. The Hall–Kier alpha value is -0.120. The van der Waals surface area contributed by atoms with Crippen LogP contribution in [0.2, 0.25) is 0 Å². The second kappa shape index (κ2) is 4.19. The van der Waals surface area contributed by atoms with Crippen LogP contribution in [-0.4, -0.2) is 34.5 Å². The van der Waals surface area contributed by atoms with Gasteiger partial charge in [-0.05, 0) is 42.9 Å². The number of aliphatic hydroxyl groups excluding tert-OH is 1. The van der Waals surface area contributed by atoms with Crippen LogP contribution in [0.15, 0.2) is 0 Å². The average molecular weight is 255 g/mol. The van der Waals surface area contributed by atoms with Crippen LogP contribution in [0.5, 0.6) is 0 Å². The predicted molar refractivity (Wildman–Crippen MR) is 73.3 cm³/mol. The molecule has 2 aliphatic rings. The number of nitrogens with one attached hydrogen (secondary N) is 1.